The highest BCUT2D eigenvalue weighted by Gasteiger charge is 2.21. The highest BCUT2D eigenvalue weighted by Crippen LogP contribution is 2.35. The van der Waals surface area contributed by atoms with E-state index >= 15 is 0 Å². The molecule has 0 saturated carbocycles. The number of anilines is 2. The van der Waals surface area contributed by atoms with Gasteiger partial charge in [0.05, 0.1) is 21.9 Å². The van der Waals surface area contributed by atoms with E-state index in [4.69, 9.17) is 32.9 Å². The minimum atomic E-state index is 0.590. The summed E-state index contributed by atoms with van der Waals surface area (Å²) in [6, 6.07) is 11.9. The molecule has 0 radical (unpaired) electrons. The van der Waals surface area contributed by atoms with Gasteiger partial charge in [-0.05, 0) is 30.3 Å². The number of ether oxygens (including phenoxy) is 1. The third kappa shape index (κ3) is 3.24. The molecule has 0 N–H and O–H groups in total. The quantitative estimate of drug-likeness (QED) is 0.629. The van der Waals surface area contributed by atoms with Gasteiger partial charge in [-0.2, -0.15) is 0 Å². The zero-order valence-electron chi connectivity index (χ0n) is 13.7. The van der Waals surface area contributed by atoms with Crippen LogP contribution >= 0.6 is 34.5 Å². The Kier molecular flexibility index (Phi) is 4.63. The Hall–Kier alpha value is -1.69. The third-order valence-corrected chi connectivity index (χ3v) is 6.23. The van der Waals surface area contributed by atoms with Crippen molar-refractivity contribution in [3.8, 4) is 5.75 Å². The second kappa shape index (κ2) is 6.90. The van der Waals surface area contributed by atoms with Crippen molar-refractivity contribution in [2.24, 2.45) is 0 Å². The van der Waals surface area contributed by atoms with Gasteiger partial charge in [0.2, 0.25) is 0 Å². The molecule has 2 aromatic carbocycles. The predicted molar refractivity (Wildman–Crippen MR) is 107 cm³/mol. The molecule has 130 valence electrons. The molecule has 4 nitrogen and oxygen atoms in total. The van der Waals surface area contributed by atoms with Gasteiger partial charge < -0.3 is 14.5 Å². The first kappa shape index (κ1) is 16.8. The number of methoxy groups -OCH3 is 1. The van der Waals surface area contributed by atoms with Crippen LogP contribution in [0, 0.1) is 0 Å². The maximum Gasteiger partial charge on any atom is 0.186 e. The van der Waals surface area contributed by atoms with Gasteiger partial charge in [-0.3, -0.25) is 0 Å². The molecule has 0 bridgehead atoms. The molecular weight excluding hydrogens is 377 g/mol. The van der Waals surface area contributed by atoms with Gasteiger partial charge in [0, 0.05) is 31.9 Å². The first-order chi connectivity index (χ1) is 12.2. The minimum absolute atomic E-state index is 0.590. The second-order valence-corrected chi connectivity index (χ2v) is 7.70. The lowest BCUT2D eigenvalue weighted by Gasteiger charge is -2.36. The van der Waals surface area contributed by atoms with Gasteiger partial charge in [0.15, 0.2) is 5.13 Å². The van der Waals surface area contributed by atoms with Crippen LogP contribution in [0.2, 0.25) is 10.0 Å². The van der Waals surface area contributed by atoms with E-state index in [1.807, 2.05) is 30.3 Å². The number of halogens is 2. The van der Waals surface area contributed by atoms with E-state index in [0.717, 1.165) is 53.0 Å². The summed E-state index contributed by atoms with van der Waals surface area (Å²) in [5.74, 6) is 0.828. The highest BCUT2D eigenvalue weighted by molar-refractivity contribution is 7.22. The van der Waals surface area contributed by atoms with Gasteiger partial charge in [0.1, 0.15) is 11.3 Å². The molecule has 0 atom stereocenters. The number of fused-ring (bicyclic) bond motifs is 1. The average Bonchev–Trinajstić information content (AvgIpc) is 3.08. The smallest absolute Gasteiger partial charge is 0.186 e. The van der Waals surface area contributed by atoms with E-state index < -0.39 is 0 Å². The minimum Gasteiger partial charge on any atom is -0.494 e. The van der Waals surface area contributed by atoms with Crippen LogP contribution in [0.15, 0.2) is 36.4 Å². The molecule has 0 spiro atoms. The summed E-state index contributed by atoms with van der Waals surface area (Å²) in [5.41, 5.74) is 2.05. The molecule has 2 heterocycles. The van der Waals surface area contributed by atoms with Crippen LogP contribution in [0.1, 0.15) is 0 Å². The maximum atomic E-state index is 6.14. The molecule has 3 aromatic rings. The number of para-hydroxylation sites is 1. The SMILES string of the molecule is COc1cccc2sc(N3CCN(c4ccc(Cl)c(Cl)c4)CC3)nc12. The lowest BCUT2D eigenvalue weighted by molar-refractivity contribution is 0.419. The van der Waals surface area contributed by atoms with Crippen molar-refractivity contribution in [1.82, 2.24) is 4.98 Å². The van der Waals surface area contributed by atoms with Crippen molar-refractivity contribution in [3.63, 3.8) is 0 Å². The Morgan fingerprint density at radius 2 is 1.76 bits per heavy atom. The lowest BCUT2D eigenvalue weighted by atomic mass is 10.2. The number of piperazine rings is 1. The van der Waals surface area contributed by atoms with E-state index in [0.29, 0.717) is 10.0 Å². The number of nitrogens with zero attached hydrogens (tertiary/aromatic N) is 3. The van der Waals surface area contributed by atoms with Crippen LogP contribution in [-0.4, -0.2) is 38.3 Å². The lowest BCUT2D eigenvalue weighted by Crippen LogP contribution is -2.46. The zero-order valence-corrected chi connectivity index (χ0v) is 16.0. The average molecular weight is 394 g/mol. The van der Waals surface area contributed by atoms with Crippen LogP contribution in [0.5, 0.6) is 5.75 Å². The summed E-state index contributed by atoms with van der Waals surface area (Å²) in [7, 11) is 1.68. The molecule has 0 unspecified atom stereocenters. The van der Waals surface area contributed by atoms with E-state index in [1.54, 1.807) is 18.4 Å². The molecule has 1 aromatic heterocycles. The van der Waals surface area contributed by atoms with Gasteiger partial charge in [0.25, 0.3) is 0 Å². The Labute approximate surface area is 160 Å². The molecule has 0 amide bonds. The largest absolute Gasteiger partial charge is 0.494 e. The molecule has 4 rings (SSSR count). The Bertz CT molecular complexity index is 906. The number of rotatable bonds is 3. The standard InChI is InChI=1S/C18H17Cl2N3OS/c1-24-15-3-2-4-16-17(15)21-18(25-16)23-9-7-22(8-10-23)12-5-6-13(19)14(20)11-12/h2-6,11H,7-10H2,1H3. The molecule has 1 aliphatic rings. The van der Waals surface area contributed by atoms with Crippen LogP contribution < -0.4 is 14.5 Å². The number of benzene rings is 2. The van der Waals surface area contributed by atoms with E-state index in [2.05, 4.69) is 15.9 Å². The fourth-order valence-corrected chi connectivity index (χ4v) is 4.38. The summed E-state index contributed by atoms with van der Waals surface area (Å²) in [5, 5.41) is 2.24. The molecule has 25 heavy (non-hydrogen) atoms. The summed E-state index contributed by atoms with van der Waals surface area (Å²) < 4.78 is 6.57. The van der Waals surface area contributed by atoms with E-state index in [1.165, 1.54) is 0 Å². The molecule has 1 fully saturated rings. The summed E-state index contributed by atoms with van der Waals surface area (Å²) in [6.45, 7) is 3.68. The predicted octanol–water partition coefficient (Wildman–Crippen LogP) is 4.94. The number of hydrogen-bond donors (Lipinski definition) is 0. The molecule has 7 heteroatoms. The second-order valence-electron chi connectivity index (χ2n) is 5.88. The Balaban J connectivity index is 1.51. The zero-order chi connectivity index (χ0) is 17.4. The van der Waals surface area contributed by atoms with Crippen molar-refractivity contribution in [1.29, 1.82) is 0 Å². The van der Waals surface area contributed by atoms with Crippen molar-refractivity contribution in [2.75, 3.05) is 43.1 Å². The Morgan fingerprint density at radius 1 is 1.00 bits per heavy atom. The third-order valence-electron chi connectivity index (χ3n) is 4.41. The van der Waals surface area contributed by atoms with Crippen molar-refractivity contribution in [3.05, 3.63) is 46.4 Å². The number of aromatic nitrogens is 1. The molecule has 0 aliphatic carbocycles. The first-order valence-electron chi connectivity index (χ1n) is 8.04. The fourth-order valence-electron chi connectivity index (χ4n) is 3.05. The fraction of sp³-hybridized carbons (Fsp3) is 0.278. The van der Waals surface area contributed by atoms with Gasteiger partial charge >= 0.3 is 0 Å². The van der Waals surface area contributed by atoms with Crippen LogP contribution in [0.3, 0.4) is 0 Å². The van der Waals surface area contributed by atoms with Crippen LogP contribution in [0.4, 0.5) is 10.8 Å². The number of thiazole rings is 1. The summed E-state index contributed by atoms with van der Waals surface area (Å²) in [6.07, 6.45) is 0. The molecular formula is C18H17Cl2N3OS. The van der Waals surface area contributed by atoms with Crippen molar-refractivity contribution < 1.29 is 4.74 Å². The van der Waals surface area contributed by atoms with E-state index in [9.17, 15) is 0 Å². The van der Waals surface area contributed by atoms with Gasteiger partial charge in [-0.25, -0.2) is 4.98 Å². The van der Waals surface area contributed by atoms with Crippen molar-refractivity contribution in [2.45, 2.75) is 0 Å². The van der Waals surface area contributed by atoms with Gasteiger partial charge in [-0.15, -0.1) is 0 Å². The molecule has 1 saturated heterocycles. The summed E-state index contributed by atoms with van der Waals surface area (Å²) in [4.78, 5) is 9.45. The highest BCUT2D eigenvalue weighted by atomic mass is 35.5. The molecule has 1 aliphatic heterocycles. The summed E-state index contributed by atoms with van der Waals surface area (Å²) >= 11 is 13.9. The maximum absolute atomic E-state index is 6.14. The number of hydrogen-bond acceptors (Lipinski definition) is 5. The van der Waals surface area contributed by atoms with Gasteiger partial charge in [-0.1, -0.05) is 40.6 Å². The first-order valence-corrected chi connectivity index (χ1v) is 9.61. The normalized spacial score (nSPS) is 15.0. The topological polar surface area (TPSA) is 28.6 Å². The Morgan fingerprint density at radius 3 is 2.48 bits per heavy atom. The van der Waals surface area contributed by atoms with Crippen molar-refractivity contribution >= 4 is 55.6 Å². The van der Waals surface area contributed by atoms with E-state index in [-0.39, 0.29) is 0 Å². The monoisotopic (exact) mass is 393 g/mol. The van der Waals surface area contributed by atoms with Crippen LogP contribution in [-0.2, 0) is 0 Å². The van der Waals surface area contributed by atoms with Crippen LogP contribution in [0.25, 0.3) is 10.2 Å².